The zero-order valence-corrected chi connectivity index (χ0v) is 16.5. The summed E-state index contributed by atoms with van der Waals surface area (Å²) in [6.07, 6.45) is 6.57. The number of nitrogens with one attached hydrogen (secondary N) is 2. The molecular formula is C23H29N3O2. The molecule has 1 amide bonds. The van der Waals surface area contributed by atoms with E-state index >= 15 is 0 Å². The molecule has 0 bridgehead atoms. The average molecular weight is 380 g/mol. The summed E-state index contributed by atoms with van der Waals surface area (Å²) in [6.45, 7) is 4.11. The van der Waals surface area contributed by atoms with Gasteiger partial charge in [-0.25, -0.2) is 0 Å². The van der Waals surface area contributed by atoms with Gasteiger partial charge in [0.1, 0.15) is 11.5 Å². The molecule has 1 saturated heterocycles. The number of nitrogens with zero attached hydrogens (tertiary/aromatic N) is 1. The molecule has 0 spiro atoms. The Morgan fingerprint density at radius 2 is 1.75 bits per heavy atom. The van der Waals surface area contributed by atoms with E-state index in [0.717, 1.165) is 80.2 Å². The van der Waals surface area contributed by atoms with Crippen molar-refractivity contribution in [1.29, 1.82) is 0 Å². The van der Waals surface area contributed by atoms with Crippen molar-refractivity contribution in [3.8, 4) is 11.5 Å². The van der Waals surface area contributed by atoms with Crippen LogP contribution < -0.4 is 15.4 Å². The van der Waals surface area contributed by atoms with Crippen LogP contribution in [0.15, 0.2) is 36.4 Å². The van der Waals surface area contributed by atoms with Crippen molar-refractivity contribution in [2.75, 3.05) is 18.4 Å². The van der Waals surface area contributed by atoms with Crippen molar-refractivity contribution >= 4 is 11.6 Å². The van der Waals surface area contributed by atoms with Gasteiger partial charge in [-0.1, -0.05) is 12.8 Å². The summed E-state index contributed by atoms with van der Waals surface area (Å²) >= 11 is 0. The molecular weight excluding hydrogens is 350 g/mol. The van der Waals surface area contributed by atoms with Gasteiger partial charge in [0.15, 0.2) is 0 Å². The van der Waals surface area contributed by atoms with Crippen LogP contribution in [0, 0.1) is 12.8 Å². The van der Waals surface area contributed by atoms with E-state index in [1.165, 1.54) is 0 Å². The highest BCUT2D eigenvalue weighted by Crippen LogP contribution is 2.30. The quantitative estimate of drug-likeness (QED) is 0.785. The van der Waals surface area contributed by atoms with Crippen molar-refractivity contribution in [2.45, 2.75) is 51.4 Å². The minimum atomic E-state index is 0.141. The monoisotopic (exact) mass is 379 g/mol. The highest BCUT2D eigenvalue weighted by atomic mass is 16.5. The Kier molecular flexibility index (Phi) is 5.91. The molecule has 2 fully saturated rings. The van der Waals surface area contributed by atoms with Gasteiger partial charge < -0.3 is 15.4 Å². The van der Waals surface area contributed by atoms with Crippen molar-refractivity contribution in [2.24, 2.45) is 5.92 Å². The van der Waals surface area contributed by atoms with Gasteiger partial charge in [0.2, 0.25) is 5.91 Å². The molecule has 2 heterocycles. The summed E-state index contributed by atoms with van der Waals surface area (Å²) in [5, 5.41) is 6.43. The molecule has 1 aliphatic heterocycles. The summed E-state index contributed by atoms with van der Waals surface area (Å²) in [4.78, 5) is 17.0. The third-order valence-corrected chi connectivity index (χ3v) is 5.79. The van der Waals surface area contributed by atoms with Crippen molar-refractivity contribution < 1.29 is 9.53 Å². The van der Waals surface area contributed by atoms with E-state index in [0.29, 0.717) is 5.92 Å². The lowest BCUT2D eigenvalue weighted by atomic mass is 9.94. The lowest BCUT2D eigenvalue weighted by Gasteiger charge is -2.22. The second-order valence-electron chi connectivity index (χ2n) is 7.99. The van der Waals surface area contributed by atoms with Gasteiger partial charge in [0.25, 0.3) is 0 Å². The van der Waals surface area contributed by atoms with Gasteiger partial charge in [-0.2, -0.15) is 0 Å². The minimum Gasteiger partial charge on any atom is -0.457 e. The topological polar surface area (TPSA) is 63.2 Å². The van der Waals surface area contributed by atoms with E-state index in [9.17, 15) is 4.79 Å². The van der Waals surface area contributed by atoms with E-state index in [2.05, 4.69) is 16.7 Å². The number of carbonyl (C=O) groups is 1. The van der Waals surface area contributed by atoms with Crippen LogP contribution >= 0.6 is 0 Å². The molecule has 1 aliphatic carbocycles. The lowest BCUT2D eigenvalue weighted by Crippen LogP contribution is -2.27. The molecule has 5 nitrogen and oxygen atoms in total. The summed E-state index contributed by atoms with van der Waals surface area (Å²) in [7, 11) is 0. The smallest absolute Gasteiger partial charge is 0.227 e. The Bertz CT molecular complexity index is 807. The Morgan fingerprint density at radius 1 is 1.04 bits per heavy atom. The van der Waals surface area contributed by atoms with Gasteiger partial charge in [-0.15, -0.1) is 0 Å². The maximum atomic E-state index is 12.3. The number of carbonyl (C=O) groups excluding carboxylic acids is 1. The maximum absolute atomic E-state index is 12.3. The highest BCUT2D eigenvalue weighted by Gasteiger charge is 2.22. The number of piperidine rings is 1. The van der Waals surface area contributed by atoms with Crippen molar-refractivity contribution in [1.82, 2.24) is 10.3 Å². The first-order valence-corrected chi connectivity index (χ1v) is 10.5. The molecule has 0 atom stereocenters. The van der Waals surface area contributed by atoms with E-state index in [4.69, 9.17) is 9.72 Å². The number of benzene rings is 1. The van der Waals surface area contributed by atoms with Crippen LogP contribution in [-0.4, -0.2) is 24.0 Å². The Balaban J connectivity index is 1.41. The number of amides is 1. The van der Waals surface area contributed by atoms with Gasteiger partial charge in [0.05, 0.1) is 0 Å². The minimum absolute atomic E-state index is 0.141. The third-order valence-electron chi connectivity index (χ3n) is 5.79. The molecule has 2 aromatic rings. The van der Waals surface area contributed by atoms with E-state index in [1.807, 2.05) is 37.3 Å². The fourth-order valence-electron chi connectivity index (χ4n) is 4.22. The van der Waals surface area contributed by atoms with Gasteiger partial charge >= 0.3 is 0 Å². The van der Waals surface area contributed by atoms with Gasteiger partial charge in [-0.3, -0.25) is 9.78 Å². The van der Waals surface area contributed by atoms with Crippen LogP contribution in [0.1, 0.15) is 55.8 Å². The molecule has 4 rings (SSSR count). The van der Waals surface area contributed by atoms with Crippen molar-refractivity contribution in [3.63, 3.8) is 0 Å². The van der Waals surface area contributed by atoms with E-state index in [1.54, 1.807) is 0 Å². The average Bonchev–Trinajstić information content (AvgIpc) is 3.25. The number of rotatable bonds is 5. The largest absolute Gasteiger partial charge is 0.457 e. The number of hydrogen-bond acceptors (Lipinski definition) is 4. The van der Waals surface area contributed by atoms with Gasteiger partial charge in [0, 0.05) is 41.0 Å². The fraction of sp³-hybridized carbons (Fsp3) is 0.478. The Hall–Kier alpha value is -2.40. The molecule has 1 saturated carbocycles. The zero-order valence-electron chi connectivity index (χ0n) is 16.5. The van der Waals surface area contributed by atoms with Crippen LogP contribution in [0.4, 0.5) is 5.69 Å². The second kappa shape index (κ2) is 8.74. The second-order valence-corrected chi connectivity index (χ2v) is 7.99. The van der Waals surface area contributed by atoms with Crippen LogP contribution in [0.2, 0.25) is 0 Å². The first-order valence-electron chi connectivity index (χ1n) is 10.5. The molecule has 28 heavy (non-hydrogen) atoms. The number of aryl methyl sites for hydroxylation is 1. The summed E-state index contributed by atoms with van der Waals surface area (Å²) < 4.78 is 6.08. The number of hydrogen-bond donors (Lipinski definition) is 2. The van der Waals surface area contributed by atoms with E-state index < -0.39 is 0 Å². The van der Waals surface area contributed by atoms with Crippen molar-refractivity contribution in [3.05, 3.63) is 47.8 Å². The highest BCUT2D eigenvalue weighted by molar-refractivity contribution is 5.92. The molecule has 1 aromatic heterocycles. The molecule has 5 heteroatoms. The van der Waals surface area contributed by atoms with Crippen LogP contribution in [-0.2, 0) is 4.79 Å². The Labute approximate surface area is 166 Å². The summed E-state index contributed by atoms with van der Waals surface area (Å²) in [5.74, 6) is 2.40. The normalized spacial score (nSPS) is 18.2. The molecule has 1 aromatic carbocycles. The third kappa shape index (κ3) is 4.71. The van der Waals surface area contributed by atoms with Crippen LogP contribution in [0.3, 0.4) is 0 Å². The molecule has 2 aliphatic rings. The first kappa shape index (κ1) is 18.9. The van der Waals surface area contributed by atoms with Crippen LogP contribution in [0.5, 0.6) is 11.5 Å². The number of pyridine rings is 1. The fourth-order valence-corrected chi connectivity index (χ4v) is 4.22. The first-order chi connectivity index (χ1) is 13.7. The molecule has 0 unspecified atom stereocenters. The molecule has 2 N–H and O–H groups in total. The lowest BCUT2D eigenvalue weighted by molar-refractivity contribution is -0.119. The SMILES string of the molecule is Cc1cc(Oc2ccc(NC(=O)C3CCCC3)cc2)cc(C2CCNCC2)n1. The molecule has 0 radical (unpaired) electrons. The Morgan fingerprint density at radius 3 is 2.46 bits per heavy atom. The zero-order chi connectivity index (χ0) is 19.3. The summed E-state index contributed by atoms with van der Waals surface area (Å²) in [6, 6.07) is 11.7. The van der Waals surface area contributed by atoms with Crippen LogP contribution in [0.25, 0.3) is 0 Å². The molecule has 148 valence electrons. The standard InChI is InChI=1S/C23H29N3O2/c1-16-14-21(15-22(25-16)17-10-12-24-13-11-17)28-20-8-6-19(7-9-20)26-23(27)18-4-2-3-5-18/h6-9,14-15,17-18,24H,2-5,10-13H2,1H3,(H,26,27). The van der Waals surface area contributed by atoms with Gasteiger partial charge in [-0.05, 0) is 70.0 Å². The predicted octanol–water partition coefficient (Wildman–Crippen LogP) is 4.78. The summed E-state index contributed by atoms with van der Waals surface area (Å²) in [5.41, 5.74) is 2.92. The number of aromatic nitrogens is 1. The predicted molar refractivity (Wildman–Crippen MR) is 111 cm³/mol. The number of ether oxygens (including phenoxy) is 1. The number of anilines is 1. The maximum Gasteiger partial charge on any atom is 0.227 e. The van der Waals surface area contributed by atoms with E-state index in [-0.39, 0.29) is 11.8 Å².